The fourth-order valence-corrected chi connectivity index (χ4v) is 3.65. The van der Waals surface area contributed by atoms with Crippen LogP contribution < -0.4 is 5.32 Å². The van der Waals surface area contributed by atoms with Crippen molar-refractivity contribution < 1.29 is 0 Å². The topological polar surface area (TPSA) is 12.0 Å². The zero-order chi connectivity index (χ0) is 13.8. The molecule has 1 aliphatic rings. The first-order valence-electron chi connectivity index (χ1n) is 7.25. The molecule has 0 amide bonds. The minimum Gasteiger partial charge on any atom is -0.310 e. The molecule has 1 N–H and O–H groups in total. The fourth-order valence-electron chi connectivity index (χ4n) is 3.11. The first-order valence-corrected chi connectivity index (χ1v) is 8.42. The van der Waals surface area contributed by atoms with Crippen LogP contribution >= 0.6 is 27.5 Å². The van der Waals surface area contributed by atoms with Gasteiger partial charge in [-0.15, -0.1) is 0 Å². The molecule has 19 heavy (non-hydrogen) atoms. The molecule has 1 aromatic rings. The number of nitrogens with one attached hydrogen (secondary N) is 1. The molecule has 0 bridgehead atoms. The van der Waals surface area contributed by atoms with Gasteiger partial charge in [0, 0.05) is 17.1 Å². The second-order valence-electron chi connectivity index (χ2n) is 5.93. The van der Waals surface area contributed by atoms with Gasteiger partial charge in [-0.25, -0.2) is 0 Å². The number of hydrogen-bond acceptors (Lipinski definition) is 1. The molecule has 1 nitrogen and oxygen atoms in total. The van der Waals surface area contributed by atoms with Crippen molar-refractivity contribution in [2.45, 2.75) is 52.1 Å². The summed E-state index contributed by atoms with van der Waals surface area (Å²) < 4.78 is 0.984. The van der Waals surface area contributed by atoms with Gasteiger partial charge < -0.3 is 5.32 Å². The van der Waals surface area contributed by atoms with Gasteiger partial charge in [0.1, 0.15) is 0 Å². The van der Waals surface area contributed by atoms with Gasteiger partial charge in [-0.1, -0.05) is 44.4 Å². The third-order valence-electron chi connectivity index (χ3n) is 4.23. The van der Waals surface area contributed by atoms with Crippen molar-refractivity contribution in [1.82, 2.24) is 5.32 Å². The van der Waals surface area contributed by atoms with E-state index in [4.69, 9.17) is 11.6 Å². The summed E-state index contributed by atoms with van der Waals surface area (Å²) in [6.07, 6.45) is 5.45. The monoisotopic (exact) mass is 343 g/mol. The summed E-state index contributed by atoms with van der Waals surface area (Å²) >= 11 is 9.51. The number of rotatable bonds is 4. The summed E-state index contributed by atoms with van der Waals surface area (Å²) in [5.41, 5.74) is 1.30. The predicted molar refractivity (Wildman–Crippen MR) is 86.6 cm³/mol. The highest BCUT2D eigenvalue weighted by atomic mass is 79.9. The smallest absolute Gasteiger partial charge is 0.0548 e. The van der Waals surface area contributed by atoms with Gasteiger partial charge in [0.05, 0.1) is 5.02 Å². The maximum atomic E-state index is 6.03. The molecule has 1 aromatic carbocycles. The first kappa shape index (κ1) is 15.3. The highest BCUT2D eigenvalue weighted by Crippen LogP contribution is 2.30. The molecule has 3 heteroatoms. The maximum absolute atomic E-state index is 6.03. The molecule has 0 heterocycles. The standard InChI is InChI=1S/C16H23BrClN/c1-11(2)13-5-3-4-6-16(13)19-10-12-7-8-15(18)14(17)9-12/h7-9,11,13,16,19H,3-6,10H2,1-2H3. The van der Waals surface area contributed by atoms with Crippen LogP contribution in [-0.2, 0) is 6.54 Å². The molecule has 0 aromatic heterocycles. The summed E-state index contributed by atoms with van der Waals surface area (Å²) in [6.45, 7) is 5.64. The van der Waals surface area contributed by atoms with E-state index in [1.165, 1.54) is 31.2 Å². The summed E-state index contributed by atoms with van der Waals surface area (Å²) in [4.78, 5) is 0. The molecule has 0 spiro atoms. The van der Waals surface area contributed by atoms with Gasteiger partial charge in [-0.3, -0.25) is 0 Å². The van der Waals surface area contributed by atoms with Crippen molar-refractivity contribution >= 4 is 27.5 Å². The molecule has 0 radical (unpaired) electrons. The summed E-state index contributed by atoms with van der Waals surface area (Å²) in [6, 6.07) is 6.85. The van der Waals surface area contributed by atoms with Crippen LogP contribution in [0.25, 0.3) is 0 Å². The molecule has 1 aliphatic carbocycles. The molecule has 1 saturated carbocycles. The second-order valence-corrected chi connectivity index (χ2v) is 7.19. The Morgan fingerprint density at radius 3 is 2.74 bits per heavy atom. The van der Waals surface area contributed by atoms with E-state index in [-0.39, 0.29) is 0 Å². The lowest BCUT2D eigenvalue weighted by Crippen LogP contribution is -2.40. The number of hydrogen-bond donors (Lipinski definition) is 1. The van der Waals surface area contributed by atoms with Gasteiger partial charge in [0.15, 0.2) is 0 Å². The fraction of sp³-hybridized carbons (Fsp3) is 0.625. The Kier molecular flexibility index (Phi) is 5.73. The molecule has 2 unspecified atom stereocenters. The summed E-state index contributed by atoms with van der Waals surface area (Å²) in [5.74, 6) is 1.60. The van der Waals surface area contributed by atoms with E-state index in [0.717, 1.165) is 27.9 Å². The van der Waals surface area contributed by atoms with Crippen LogP contribution in [0.15, 0.2) is 22.7 Å². The van der Waals surface area contributed by atoms with Crippen LogP contribution in [0.5, 0.6) is 0 Å². The zero-order valence-corrected chi connectivity index (χ0v) is 14.1. The molecule has 106 valence electrons. The number of benzene rings is 1. The highest BCUT2D eigenvalue weighted by molar-refractivity contribution is 9.10. The molecule has 0 saturated heterocycles. The van der Waals surface area contributed by atoms with E-state index in [9.17, 15) is 0 Å². The highest BCUT2D eigenvalue weighted by Gasteiger charge is 2.26. The predicted octanol–water partition coefficient (Wildman–Crippen LogP) is 5.41. The molecule has 0 aliphatic heterocycles. The van der Waals surface area contributed by atoms with Crippen molar-refractivity contribution in [2.75, 3.05) is 0 Å². The minimum atomic E-state index is 0.670. The van der Waals surface area contributed by atoms with Gasteiger partial charge in [0.25, 0.3) is 0 Å². The van der Waals surface area contributed by atoms with E-state index in [2.05, 4.69) is 47.2 Å². The van der Waals surface area contributed by atoms with Crippen molar-refractivity contribution in [2.24, 2.45) is 11.8 Å². The van der Waals surface area contributed by atoms with Gasteiger partial charge in [0.2, 0.25) is 0 Å². The van der Waals surface area contributed by atoms with E-state index in [1.54, 1.807) is 0 Å². The van der Waals surface area contributed by atoms with Crippen LogP contribution in [0.4, 0.5) is 0 Å². The Morgan fingerprint density at radius 1 is 1.32 bits per heavy atom. The normalized spacial score (nSPS) is 23.8. The van der Waals surface area contributed by atoms with Gasteiger partial charge in [-0.05, 0) is 58.3 Å². The molecular formula is C16H23BrClN. The third kappa shape index (κ3) is 4.21. The minimum absolute atomic E-state index is 0.670. The first-order chi connectivity index (χ1) is 9.08. The largest absolute Gasteiger partial charge is 0.310 e. The maximum Gasteiger partial charge on any atom is 0.0548 e. The Balaban J connectivity index is 1.94. The van der Waals surface area contributed by atoms with Crippen molar-refractivity contribution in [3.05, 3.63) is 33.3 Å². The second kappa shape index (κ2) is 7.10. The van der Waals surface area contributed by atoms with Gasteiger partial charge in [-0.2, -0.15) is 0 Å². The lowest BCUT2D eigenvalue weighted by molar-refractivity contribution is 0.204. The van der Waals surface area contributed by atoms with Crippen LogP contribution in [0.1, 0.15) is 45.1 Å². The Morgan fingerprint density at radius 2 is 2.05 bits per heavy atom. The molecular weight excluding hydrogens is 322 g/mol. The summed E-state index contributed by atoms with van der Waals surface area (Å²) in [7, 11) is 0. The van der Waals surface area contributed by atoms with E-state index >= 15 is 0 Å². The van der Waals surface area contributed by atoms with Crippen molar-refractivity contribution in [1.29, 1.82) is 0 Å². The number of halogens is 2. The van der Waals surface area contributed by atoms with Crippen LogP contribution in [0.2, 0.25) is 5.02 Å². The van der Waals surface area contributed by atoms with E-state index < -0.39 is 0 Å². The molecule has 1 fully saturated rings. The van der Waals surface area contributed by atoms with E-state index in [0.29, 0.717) is 6.04 Å². The third-order valence-corrected chi connectivity index (χ3v) is 5.44. The average Bonchev–Trinajstić information content (AvgIpc) is 2.40. The average molecular weight is 345 g/mol. The van der Waals surface area contributed by atoms with Crippen LogP contribution in [-0.4, -0.2) is 6.04 Å². The van der Waals surface area contributed by atoms with Crippen LogP contribution in [0.3, 0.4) is 0 Å². The summed E-state index contributed by atoms with van der Waals surface area (Å²) in [5, 5.41) is 4.53. The lowest BCUT2D eigenvalue weighted by Gasteiger charge is -2.35. The molecule has 2 atom stereocenters. The Hall–Kier alpha value is -0.0500. The van der Waals surface area contributed by atoms with E-state index in [1.807, 2.05) is 6.07 Å². The molecule has 2 rings (SSSR count). The lowest BCUT2D eigenvalue weighted by atomic mass is 9.78. The SMILES string of the molecule is CC(C)C1CCCCC1NCc1ccc(Cl)c(Br)c1. The quantitative estimate of drug-likeness (QED) is 0.770. The van der Waals surface area contributed by atoms with Gasteiger partial charge >= 0.3 is 0 Å². The zero-order valence-electron chi connectivity index (χ0n) is 11.8. The Bertz CT molecular complexity index is 419. The Labute approximate surface area is 130 Å². The van der Waals surface area contributed by atoms with Crippen molar-refractivity contribution in [3.63, 3.8) is 0 Å². The van der Waals surface area contributed by atoms with Crippen molar-refractivity contribution in [3.8, 4) is 0 Å². The van der Waals surface area contributed by atoms with Crippen LogP contribution in [0, 0.1) is 11.8 Å².